The molecule has 0 radical (unpaired) electrons. The summed E-state index contributed by atoms with van der Waals surface area (Å²) in [7, 11) is 0. The number of hydrogen-bond donors (Lipinski definition) is 0. The lowest BCUT2D eigenvalue weighted by Crippen LogP contribution is -2.09. The lowest BCUT2D eigenvalue weighted by Gasteiger charge is -2.11. The molecule has 5 nitrogen and oxygen atoms in total. The molecule has 2 rings (SSSR count). The van der Waals surface area contributed by atoms with Gasteiger partial charge in [-0.05, 0) is 68.8 Å². The zero-order valence-corrected chi connectivity index (χ0v) is 15.0. The van der Waals surface area contributed by atoms with E-state index in [1.807, 2.05) is 6.92 Å². The fourth-order valence-corrected chi connectivity index (χ4v) is 1.89. The zero-order chi connectivity index (χ0) is 19.3. The van der Waals surface area contributed by atoms with Gasteiger partial charge in [0.05, 0.1) is 0 Å². The van der Waals surface area contributed by atoms with Crippen molar-refractivity contribution < 1.29 is 23.8 Å². The first-order valence-corrected chi connectivity index (χ1v) is 7.90. The summed E-state index contributed by atoms with van der Waals surface area (Å²) in [5.41, 5.74) is 1.41. The summed E-state index contributed by atoms with van der Waals surface area (Å²) in [6.07, 6.45) is 0. The van der Waals surface area contributed by atoms with E-state index in [4.69, 9.17) is 14.2 Å². The second-order valence-electron chi connectivity index (χ2n) is 5.84. The summed E-state index contributed by atoms with van der Waals surface area (Å²) in [6, 6.07) is 11.8. The highest BCUT2D eigenvalue weighted by Gasteiger charge is 2.10. The van der Waals surface area contributed by atoms with E-state index < -0.39 is 11.9 Å². The highest BCUT2D eigenvalue weighted by molar-refractivity contribution is 5.89. The van der Waals surface area contributed by atoms with Crippen molar-refractivity contribution in [2.75, 3.05) is 0 Å². The van der Waals surface area contributed by atoms with Gasteiger partial charge in [0.2, 0.25) is 0 Å². The maximum atomic E-state index is 11.6. The molecule has 2 aromatic carbocycles. The lowest BCUT2D eigenvalue weighted by molar-refractivity contribution is -0.131. The monoisotopic (exact) mass is 352 g/mol. The minimum Gasteiger partial charge on any atom is -0.457 e. The van der Waals surface area contributed by atoms with Crippen LogP contribution in [0.3, 0.4) is 0 Å². The van der Waals surface area contributed by atoms with Gasteiger partial charge in [0.25, 0.3) is 0 Å². The number of rotatable bonds is 6. The van der Waals surface area contributed by atoms with E-state index in [0.717, 1.165) is 5.56 Å². The Balaban J connectivity index is 2.05. The van der Waals surface area contributed by atoms with Gasteiger partial charge in [-0.3, -0.25) is 0 Å². The molecule has 5 heteroatoms. The van der Waals surface area contributed by atoms with Gasteiger partial charge in [-0.15, -0.1) is 0 Å². The molecular formula is C21H20O5. The quantitative estimate of drug-likeness (QED) is 0.426. The average molecular weight is 352 g/mol. The molecule has 26 heavy (non-hydrogen) atoms. The Morgan fingerprint density at radius 3 is 1.81 bits per heavy atom. The van der Waals surface area contributed by atoms with Gasteiger partial charge in [-0.1, -0.05) is 13.2 Å². The molecule has 0 amide bonds. The number of ether oxygens (including phenoxy) is 3. The SMILES string of the molecule is C=C(C)C(=O)Oc1ccc(Oc2ccc(OC(=O)C(=C)C)c(C)c2)cc1. The number of carbonyl (C=O) groups excluding carboxylic acids is 2. The van der Waals surface area contributed by atoms with Crippen LogP contribution in [0.1, 0.15) is 19.4 Å². The first-order chi connectivity index (χ1) is 12.3. The molecule has 0 bridgehead atoms. The molecule has 0 spiro atoms. The topological polar surface area (TPSA) is 61.8 Å². The van der Waals surface area contributed by atoms with Gasteiger partial charge >= 0.3 is 11.9 Å². The third kappa shape index (κ3) is 5.08. The summed E-state index contributed by atoms with van der Waals surface area (Å²) in [5.74, 6) is 1.07. The highest BCUT2D eigenvalue weighted by Crippen LogP contribution is 2.28. The van der Waals surface area contributed by atoms with Crippen LogP contribution in [0.5, 0.6) is 23.0 Å². The molecule has 0 aliphatic carbocycles. The minimum atomic E-state index is -0.478. The summed E-state index contributed by atoms with van der Waals surface area (Å²) < 4.78 is 16.1. The molecule has 0 saturated carbocycles. The molecule has 0 aliphatic heterocycles. The van der Waals surface area contributed by atoms with E-state index in [0.29, 0.717) is 34.1 Å². The van der Waals surface area contributed by atoms with Crippen LogP contribution in [-0.2, 0) is 9.59 Å². The molecule has 0 unspecified atom stereocenters. The normalized spacial score (nSPS) is 9.96. The molecule has 0 fully saturated rings. The van der Waals surface area contributed by atoms with Crippen LogP contribution in [0.15, 0.2) is 66.8 Å². The van der Waals surface area contributed by atoms with Crippen LogP contribution in [0.4, 0.5) is 0 Å². The minimum absolute atomic E-state index is 0.327. The predicted molar refractivity (Wildman–Crippen MR) is 98.6 cm³/mol. The van der Waals surface area contributed by atoms with Crippen molar-refractivity contribution in [1.82, 2.24) is 0 Å². The Bertz CT molecular complexity index is 862. The maximum absolute atomic E-state index is 11.6. The number of benzene rings is 2. The third-order valence-corrected chi connectivity index (χ3v) is 3.32. The van der Waals surface area contributed by atoms with Crippen LogP contribution in [0.25, 0.3) is 0 Å². The highest BCUT2D eigenvalue weighted by atomic mass is 16.5. The van der Waals surface area contributed by atoms with Gasteiger partial charge in [-0.2, -0.15) is 0 Å². The van der Waals surface area contributed by atoms with Crippen molar-refractivity contribution in [1.29, 1.82) is 0 Å². The Morgan fingerprint density at radius 1 is 0.769 bits per heavy atom. The van der Waals surface area contributed by atoms with Crippen molar-refractivity contribution in [3.05, 3.63) is 72.3 Å². The molecule has 0 aromatic heterocycles. The summed E-state index contributed by atoms with van der Waals surface area (Å²) in [4.78, 5) is 23.1. The summed E-state index contributed by atoms with van der Waals surface area (Å²) in [6.45, 7) is 12.1. The molecule has 2 aromatic rings. The van der Waals surface area contributed by atoms with Crippen molar-refractivity contribution in [2.45, 2.75) is 20.8 Å². The van der Waals surface area contributed by atoms with Crippen LogP contribution in [0.2, 0.25) is 0 Å². The Labute approximate surface area is 152 Å². The smallest absolute Gasteiger partial charge is 0.338 e. The Kier molecular flexibility index (Phi) is 5.96. The molecule has 0 N–H and O–H groups in total. The standard InChI is InChI=1S/C21H20O5/c1-13(2)20(22)25-17-8-6-16(7-9-17)24-18-10-11-19(15(5)12-18)26-21(23)14(3)4/h6-12H,1,3H2,2,4-5H3. The van der Waals surface area contributed by atoms with Crippen LogP contribution in [-0.4, -0.2) is 11.9 Å². The largest absolute Gasteiger partial charge is 0.457 e. The van der Waals surface area contributed by atoms with Crippen molar-refractivity contribution in [3.8, 4) is 23.0 Å². The number of aryl methyl sites for hydroxylation is 1. The Morgan fingerprint density at radius 2 is 1.27 bits per heavy atom. The van der Waals surface area contributed by atoms with E-state index in [2.05, 4.69) is 13.2 Å². The number of esters is 2. The zero-order valence-electron chi connectivity index (χ0n) is 15.0. The van der Waals surface area contributed by atoms with Crippen LogP contribution < -0.4 is 14.2 Å². The first kappa shape index (κ1) is 19.0. The first-order valence-electron chi connectivity index (χ1n) is 7.90. The molecule has 0 atom stereocenters. The van der Waals surface area contributed by atoms with E-state index in [9.17, 15) is 9.59 Å². The van der Waals surface area contributed by atoms with E-state index in [1.165, 1.54) is 0 Å². The molecule has 134 valence electrons. The van der Waals surface area contributed by atoms with Crippen molar-refractivity contribution in [2.24, 2.45) is 0 Å². The van der Waals surface area contributed by atoms with E-state index >= 15 is 0 Å². The van der Waals surface area contributed by atoms with Crippen molar-refractivity contribution in [3.63, 3.8) is 0 Å². The van der Waals surface area contributed by atoms with Crippen molar-refractivity contribution >= 4 is 11.9 Å². The summed E-state index contributed by atoms with van der Waals surface area (Å²) >= 11 is 0. The fourth-order valence-electron chi connectivity index (χ4n) is 1.89. The maximum Gasteiger partial charge on any atom is 0.338 e. The van der Waals surface area contributed by atoms with Gasteiger partial charge in [0.15, 0.2) is 0 Å². The number of hydrogen-bond acceptors (Lipinski definition) is 5. The van der Waals surface area contributed by atoms with Gasteiger partial charge < -0.3 is 14.2 Å². The van der Waals surface area contributed by atoms with E-state index in [-0.39, 0.29) is 0 Å². The molecule has 0 heterocycles. The Hall–Kier alpha value is -3.34. The van der Waals surface area contributed by atoms with Gasteiger partial charge in [0, 0.05) is 11.1 Å². The predicted octanol–water partition coefficient (Wildman–Crippen LogP) is 4.75. The number of carbonyl (C=O) groups is 2. The molecular weight excluding hydrogens is 332 g/mol. The average Bonchev–Trinajstić information content (AvgIpc) is 2.58. The molecule has 0 aliphatic rings. The van der Waals surface area contributed by atoms with Crippen LogP contribution >= 0.6 is 0 Å². The van der Waals surface area contributed by atoms with Crippen LogP contribution in [0, 0.1) is 6.92 Å². The summed E-state index contributed by atoms with van der Waals surface area (Å²) in [5, 5.41) is 0. The van der Waals surface area contributed by atoms with E-state index in [1.54, 1.807) is 56.3 Å². The second-order valence-corrected chi connectivity index (χ2v) is 5.84. The third-order valence-electron chi connectivity index (χ3n) is 3.32. The van der Waals surface area contributed by atoms with Gasteiger partial charge in [-0.25, -0.2) is 9.59 Å². The van der Waals surface area contributed by atoms with Gasteiger partial charge in [0.1, 0.15) is 23.0 Å². The lowest BCUT2D eigenvalue weighted by atomic mass is 10.2. The molecule has 0 saturated heterocycles. The second kappa shape index (κ2) is 8.16. The fraction of sp³-hybridized carbons (Fsp3) is 0.143.